The molecule has 1 aromatic carbocycles. The maximum atomic E-state index is 13.0. The summed E-state index contributed by atoms with van der Waals surface area (Å²) in [7, 11) is -3.85. The molecule has 0 radical (unpaired) electrons. The largest absolute Gasteiger partial charge is 0.257 e. The number of hydrogen-bond donors (Lipinski definition) is 0. The number of rotatable bonds is 2. The maximum Gasteiger partial charge on any atom is 0.257 e. The molecule has 7 heteroatoms. The van der Waals surface area contributed by atoms with Crippen LogP contribution in [0.2, 0.25) is 0 Å². The number of sulfonamides is 1. The van der Waals surface area contributed by atoms with Gasteiger partial charge in [-0.05, 0) is 18.2 Å². The minimum Gasteiger partial charge on any atom is -0.207 e. The second kappa shape index (κ2) is 3.27. The highest BCUT2D eigenvalue weighted by Gasteiger charge is 2.77. The van der Waals surface area contributed by atoms with E-state index in [0.717, 1.165) is 16.4 Å². The molecule has 1 saturated heterocycles. The van der Waals surface area contributed by atoms with Crippen LogP contribution in [0.3, 0.4) is 0 Å². The number of nitrogens with zero attached hydrogens (tertiary/aromatic N) is 1. The van der Waals surface area contributed by atoms with Crippen LogP contribution in [0.5, 0.6) is 0 Å². The predicted octanol–water partition coefficient (Wildman–Crippen LogP) is 1.86. The van der Waals surface area contributed by atoms with Crippen LogP contribution in [0.1, 0.15) is 6.42 Å². The zero-order chi connectivity index (χ0) is 13.2. The molecule has 0 bridgehead atoms. The first-order valence-electron chi connectivity index (χ1n) is 5.41. The van der Waals surface area contributed by atoms with Gasteiger partial charge < -0.3 is 0 Å². The van der Waals surface area contributed by atoms with Gasteiger partial charge in [-0.1, -0.05) is 6.07 Å². The van der Waals surface area contributed by atoms with Gasteiger partial charge >= 0.3 is 0 Å². The summed E-state index contributed by atoms with van der Waals surface area (Å²) in [5, 5.41) is 0. The Hall–Kier alpha value is -1.08. The van der Waals surface area contributed by atoms with Crippen LogP contribution in [0, 0.1) is 11.2 Å². The van der Waals surface area contributed by atoms with Crippen molar-refractivity contribution in [3.8, 4) is 0 Å². The molecule has 1 heterocycles. The zero-order valence-electron chi connectivity index (χ0n) is 9.24. The van der Waals surface area contributed by atoms with Gasteiger partial charge in [0, 0.05) is 19.5 Å². The summed E-state index contributed by atoms with van der Waals surface area (Å²) >= 11 is 0. The van der Waals surface area contributed by atoms with Crippen LogP contribution >= 0.6 is 0 Å². The van der Waals surface area contributed by atoms with E-state index in [1.165, 1.54) is 12.1 Å². The molecule has 1 aromatic rings. The Kier molecular flexibility index (Phi) is 2.18. The molecule has 0 amide bonds. The average Bonchev–Trinajstić information content (AvgIpc) is 2.80. The van der Waals surface area contributed by atoms with Gasteiger partial charge in [0.05, 0.1) is 10.3 Å². The quantitative estimate of drug-likeness (QED) is 0.827. The molecule has 0 atom stereocenters. The number of halogens is 3. The highest BCUT2D eigenvalue weighted by molar-refractivity contribution is 7.89. The number of benzene rings is 1. The van der Waals surface area contributed by atoms with E-state index in [4.69, 9.17) is 0 Å². The van der Waals surface area contributed by atoms with Crippen molar-refractivity contribution in [3.63, 3.8) is 0 Å². The smallest absolute Gasteiger partial charge is 0.207 e. The second-order valence-electron chi connectivity index (χ2n) is 4.89. The number of hydrogen-bond acceptors (Lipinski definition) is 2. The van der Waals surface area contributed by atoms with Crippen molar-refractivity contribution in [2.45, 2.75) is 17.2 Å². The molecular formula is C11H10F3NO2S. The summed E-state index contributed by atoms with van der Waals surface area (Å²) in [6, 6.07) is 4.56. The summed E-state index contributed by atoms with van der Waals surface area (Å²) < 4.78 is 63.9. The van der Waals surface area contributed by atoms with Gasteiger partial charge in [0.1, 0.15) is 5.82 Å². The topological polar surface area (TPSA) is 37.4 Å². The monoisotopic (exact) mass is 277 g/mol. The van der Waals surface area contributed by atoms with Crippen molar-refractivity contribution in [2.75, 3.05) is 13.1 Å². The fourth-order valence-corrected chi connectivity index (χ4v) is 3.94. The van der Waals surface area contributed by atoms with Gasteiger partial charge in [-0.2, -0.15) is 4.31 Å². The van der Waals surface area contributed by atoms with Gasteiger partial charge in [0.25, 0.3) is 5.92 Å². The third-order valence-electron chi connectivity index (χ3n) is 3.60. The van der Waals surface area contributed by atoms with Crippen molar-refractivity contribution >= 4 is 10.0 Å². The Morgan fingerprint density at radius 1 is 1.22 bits per heavy atom. The Morgan fingerprint density at radius 3 is 2.33 bits per heavy atom. The standard InChI is InChI=1S/C11H10F3NO2S/c12-8-2-1-3-9(4-8)18(16,17)15-6-10(7-15)5-11(10,13)14/h1-4H,5-7H2. The van der Waals surface area contributed by atoms with Crippen LogP contribution < -0.4 is 0 Å². The SMILES string of the molecule is O=S(=O)(c1cccc(F)c1)N1CC2(C1)CC2(F)F. The molecule has 0 unspecified atom stereocenters. The molecule has 2 aliphatic rings. The van der Waals surface area contributed by atoms with Crippen molar-refractivity contribution < 1.29 is 21.6 Å². The minimum atomic E-state index is -3.85. The van der Waals surface area contributed by atoms with Crippen LogP contribution in [-0.2, 0) is 10.0 Å². The lowest BCUT2D eigenvalue weighted by atomic mass is 10.00. The third kappa shape index (κ3) is 1.50. The van der Waals surface area contributed by atoms with Gasteiger partial charge in [-0.15, -0.1) is 0 Å². The Morgan fingerprint density at radius 2 is 1.83 bits per heavy atom. The zero-order valence-corrected chi connectivity index (χ0v) is 10.1. The Bertz CT molecular complexity index is 608. The van der Waals surface area contributed by atoms with Crippen LogP contribution in [-0.4, -0.2) is 31.7 Å². The van der Waals surface area contributed by atoms with E-state index < -0.39 is 27.2 Å². The van der Waals surface area contributed by atoms with Crippen molar-refractivity contribution in [3.05, 3.63) is 30.1 Å². The van der Waals surface area contributed by atoms with Crippen LogP contribution in [0.15, 0.2) is 29.2 Å². The molecule has 1 spiro atoms. The van der Waals surface area contributed by atoms with Gasteiger partial charge in [-0.3, -0.25) is 0 Å². The van der Waals surface area contributed by atoms with Crippen LogP contribution in [0.4, 0.5) is 13.2 Å². The lowest BCUT2D eigenvalue weighted by molar-refractivity contribution is 0.0108. The van der Waals surface area contributed by atoms with E-state index in [2.05, 4.69) is 0 Å². The molecule has 98 valence electrons. The normalized spacial score (nSPS) is 24.8. The first-order chi connectivity index (χ1) is 8.27. The van der Waals surface area contributed by atoms with Crippen molar-refractivity contribution in [1.29, 1.82) is 0 Å². The van der Waals surface area contributed by atoms with Gasteiger partial charge in [-0.25, -0.2) is 21.6 Å². The third-order valence-corrected chi connectivity index (χ3v) is 5.39. The first kappa shape index (κ1) is 12.0. The summed E-state index contributed by atoms with van der Waals surface area (Å²) in [6.45, 7) is -0.363. The molecular weight excluding hydrogens is 267 g/mol. The predicted molar refractivity (Wildman–Crippen MR) is 57.2 cm³/mol. The van der Waals surface area contributed by atoms with Gasteiger partial charge in [0.2, 0.25) is 10.0 Å². The molecule has 1 aliphatic heterocycles. The van der Waals surface area contributed by atoms with E-state index in [9.17, 15) is 21.6 Å². The molecule has 1 saturated carbocycles. The highest BCUT2D eigenvalue weighted by Crippen LogP contribution is 2.65. The van der Waals surface area contributed by atoms with E-state index >= 15 is 0 Å². The van der Waals surface area contributed by atoms with E-state index in [-0.39, 0.29) is 24.4 Å². The lowest BCUT2D eigenvalue weighted by Crippen LogP contribution is -2.53. The van der Waals surface area contributed by atoms with Crippen molar-refractivity contribution in [2.24, 2.45) is 5.41 Å². The average molecular weight is 277 g/mol. The minimum absolute atomic E-state index is 0.182. The summed E-state index contributed by atoms with van der Waals surface area (Å²) in [4.78, 5) is -0.193. The fourth-order valence-electron chi connectivity index (χ4n) is 2.30. The van der Waals surface area contributed by atoms with Gasteiger partial charge in [0.15, 0.2) is 0 Å². The molecule has 3 nitrogen and oxygen atoms in total. The second-order valence-corrected chi connectivity index (χ2v) is 6.83. The summed E-state index contributed by atoms with van der Waals surface area (Å²) in [5.41, 5.74) is -1.16. The lowest BCUT2D eigenvalue weighted by Gasteiger charge is -2.38. The molecule has 18 heavy (non-hydrogen) atoms. The number of alkyl halides is 2. The Labute approximate surface area is 102 Å². The van der Waals surface area contributed by atoms with E-state index in [0.29, 0.717) is 0 Å². The van der Waals surface area contributed by atoms with E-state index in [1.807, 2.05) is 0 Å². The summed E-state index contributed by atoms with van der Waals surface area (Å²) in [5.74, 6) is -3.41. The molecule has 3 rings (SSSR count). The molecule has 1 aliphatic carbocycles. The molecule has 2 fully saturated rings. The van der Waals surface area contributed by atoms with E-state index in [1.54, 1.807) is 0 Å². The molecule has 0 N–H and O–H groups in total. The highest BCUT2D eigenvalue weighted by atomic mass is 32.2. The summed E-state index contributed by atoms with van der Waals surface area (Å²) in [6.07, 6.45) is -0.255. The fraction of sp³-hybridized carbons (Fsp3) is 0.455. The van der Waals surface area contributed by atoms with Crippen LogP contribution in [0.25, 0.3) is 0 Å². The maximum absolute atomic E-state index is 13.0. The Balaban J connectivity index is 1.82. The molecule has 0 aromatic heterocycles. The first-order valence-corrected chi connectivity index (χ1v) is 6.85. The van der Waals surface area contributed by atoms with Crippen molar-refractivity contribution in [1.82, 2.24) is 4.31 Å².